The molecular weight excluding hydrogens is 472 g/mol. The fraction of sp³-hybridized carbons (Fsp3) is 0.214. The maximum Gasteiger partial charge on any atom is 0.304 e. The number of nitrogen functional groups attached to an aromatic ring is 1. The highest BCUT2D eigenvalue weighted by Gasteiger charge is 2.41. The Morgan fingerprint density at radius 3 is 2.32 bits per heavy atom. The molecule has 1 fully saturated rings. The molecule has 2 atom stereocenters. The van der Waals surface area contributed by atoms with Crippen LogP contribution in [0, 0.1) is 11.3 Å². The Balaban J connectivity index is 1.49. The van der Waals surface area contributed by atoms with E-state index in [1.54, 1.807) is 41.3 Å². The van der Waals surface area contributed by atoms with Crippen molar-refractivity contribution in [3.63, 3.8) is 0 Å². The van der Waals surface area contributed by atoms with E-state index in [0.717, 1.165) is 11.1 Å². The number of nitrogens with two attached hydrogens (primary N) is 1. The van der Waals surface area contributed by atoms with Crippen molar-refractivity contribution in [1.29, 1.82) is 5.41 Å². The molecule has 9 nitrogen and oxygen atoms in total. The molecule has 0 spiro atoms. The highest BCUT2D eigenvalue weighted by Crippen LogP contribution is 2.34. The van der Waals surface area contributed by atoms with E-state index in [-0.39, 0.29) is 36.7 Å². The zero-order valence-electron chi connectivity index (χ0n) is 20.3. The zero-order chi connectivity index (χ0) is 26.5. The van der Waals surface area contributed by atoms with Crippen LogP contribution < -0.4 is 20.7 Å². The van der Waals surface area contributed by atoms with E-state index in [9.17, 15) is 19.5 Å². The SMILES string of the molecule is CC(=O)Nc1cccc(N2C(=O)[C@H](CC(=O)O)C[C@H]2COc2ccc(-c3ccc(C(=N)N)cc3)cc2)c1. The molecule has 3 aromatic rings. The van der Waals surface area contributed by atoms with Crippen molar-refractivity contribution in [3.8, 4) is 16.9 Å². The van der Waals surface area contributed by atoms with Gasteiger partial charge in [0.2, 0.25) is 11.8 Å². The number of carboxylic acid groups (broad SMARTS) is 1. The average molecular weight is 501 g/mol. The van der Waals surface area contributed by atoms with Gasteiger partial charge in [-0.3, -0.25) is 19.8 Å². The fourth-order valence-corrected chi connectivity index (χ4v) is 4.49. The molecule has 9 heteroatoms. The summed E-state index contributed by atoms with van der Waals surface area (Å²) in [5.74, 6) is -1.56. The van der Waals surface area contributed by atoms with Crippen LogP contribution in [0.4, 0.5) is 11.4 Å². The minimum absolute atomic E-state index is 0.0159. The largest absolute Gasteiger partial charge is 0.491 e. The number of nitrogens with one attached hydrogen (secondary N) is 2. The van der Waals surface area contributed by atoms with Crippen molar-refractivity contribution in [3.05, 3.63) is 78.4 Å². The summed E-state index contributed by atoms with van der Waals surface area (Å²) in [6.45, 7) is 1.58. The first kappa shape index (κ1) is 25.4. The summed E-state index contributed by atoms with van der Waals surface area (Å²) in [6.07, 6.45) is 0.0877. The third kappa shape index (κ3) is 6.13. The van der Waals surface area contributed by atoms with Crippen molar-refractivity contribution in [2.45, 2.75) is 25.8 Å². The predicted molar refractivity (Wildman–Crippen MR) is 141 cm³/mol. The second-order valence-electron chi connectivity index (χ2n) is 8.95. The number of anilines is 2. The van der Waals surface area contributed by atoms with Crippen LogP contribution in [0.3, 0.4) is 0 Å². The number of nitrogens with zero attached hydrogens (tertiary/aromatic N) is 1. The van der Waals surface area contributed by atoms with E-state index in [1.807, 2.05) is 36.4 Å². The monoisotopic (exact) mass is 500 g/mol. The maximum atomic E-state index is 13.2. The molecule has 5 N–H and O–H groups in total. The van der Waals surface area contributed by atoms with E-state index < -0.39 is 11.9 Å². The summed E-state index contributed by atoms with van der Waals surface area (Å²) in [6, 6.07) is 21.4. The van der Waals surface area contributed by atoms with Crippen molar-refractivity contribution in [2.75, 3.05) is 16.8 Å². The molecule has 0 aliphatic carbocycles. The zero-order valence-corrected chi connectivity index (χ0v) is 20.3. The van der Waals surface area contributed by atoms with Crippen LogP contribution in [0.1, 0.15) is 25.3 Å². The molecule has 1 aliphatic rings. The molecule has 1 heterocycles. The summed E-state index contributed by atoms with van der Waals surface area (Å²) in [7, 11) is 0. The molecule has 3 aromatic carbocycles. The smallest absolute Gasteiger partial charge is 0.304 e. The highest BCUT2D eigenvalue weighted by atomic mass is 16.5. The first-order valence-electron chi connectivity index (χ1n) is 11.8. The van der Waals surface area contributed by atoms with E-state index in [4.69, 9.17) is 15.9 Å². The van der Waals surface area contributed by atoms with Gasteiger partial charge in [0.25, 0.3) is 0 Å². The molecule has 0 unspecified atom stereocenters. The first-order valence-corrected chi connectivity index (χ1v) is 11.8. The number of amidine groups is 1. The Labute approximate surface area is 214 Å². The number of benzene rings is 3. The minimum atomic E-state index is -1.03. The van der Waals surface area contributed by atoms with Gasteiger partial charge >= 0.3 is 5.97 Å². The van der Waals surface area contributed by atoms with Gasteiger partial charge in [-0.2, -0.15) is 0 Å². The normalized spacial score (nSPS) is 16.9. The van der Waals surface area contributed by atoms with Crippen LogP contribution in [0.2, 0.25) is 0 Å². The fourth-order valence-electron chi connectivity index (χ4n) is 4.49. The number of hydrogen-bond donors (Lipinski definition) is 4. The Bertz CT molecular complexity index is 1320. The lowest BCUT2D eigenvalue weighted by atomic mass is 10.0. The van der Waals surface area contributed by atoms with Gasteiger partial charge in [0.1, 0.15) is 18.2 Å². The third-order valence-electron chi connectivity index (χ3n) is 6.20. The van der Waals surface area contributed by atoms with Gasteiger partial charge < -0.3 is 25.8 Å². The molecule has 1 aliphatic heterocycles. The summed E-state index contributed by atoms with van der Waals surface area (Å²) < 4.78 is 6.02. The van der Waals surface area contributed by atoms with Crippen LogP contribution in [0.15, 0.2) is 72.8 Å². The van der Waals surface area contributed by atoms with Gasteiger partial charge in [0.05, 0.1) is 18.4 Å². The molecule has 0 saturated carbocycles. The maximum absolute atomic E-state index is 13.2. The summed E-state index contributed by atoms with van der Waals surface area (Å²) >= 11 is 0. The molecule has 190 valence electrons. The Morgan fingerprint density at radius 2 is 1.73 bits per heavy atom. The molecule has 4 rings (SSSR count). The number of carbonyl (C=O) groups is 3. The average Bonchev–Trinajstić information content (AvgIpc) is 3.17. The molecule has 0 aromatic heterocycles. The van der Waals surface area contributed by atoms with Gasteiger partial charge in [-0.25, -0.2) is 0 Å². The van der Waals surface area contributed by atoms with E-state index in [0.29, 0.717) is 29.1 Å². The lowest BCUT2D eigenvalue weighted by molar-refractivity contribution is -0.140. The number of hydrogen-bond acceptors (Lipinski definition) is 5. The Hall–Kier alpha value is -4.66. The van der Waals surface area contributed by atoms with Crippen molar-refractivity contribution < 1.29 is 24.2 Å². The summed E-state index contributed by atoms with van der Waals surface area (Å²) in [4.78, 5) is 37.5. The van der Waals surface area contributed by atoms with Gasteiger partial charge in [-0.1, -0.05) is 42.5 Å². The quantitative estimate of drug-likeness (QED) is 0.259. The standard InChI is InChI=1S/C28H28N4O5/c1-17(33)31-22-3-2-4-23(15-22)32-24(13-21(28(32)36)14-26(34)35)16-37-25-11-9-19(10-12-25)18-5-7-20(8-6-18)27(29)30/h2-12,15,21,24H,13-14,16H2,1H3,(H3,29,30)(H,31,33)(H,34,35)/t21-,24-/m0/s1. The second-order valence-corrected chi connectivity index (χ2v) is 8.95. The second kappa shape index (κ2) is 10.9. The minimum Gasteiger partial charge on any atom is -0.491 e. The number of carbonyl (C=O) groups excluding carboxylic acids is 2. The lowest BCUT2D eigenvalue weighted by Crippen LogP contribution is -2.37. The molecule has 2 amide bonds. The Kier molecular flexibility index (Phi) is 7.52. The number of rotatable bonds is 9. The number of aliphatic carboxylic acids is 1. The van der Waals surface area contributed by atoms with E-state index in [1.165, 1.54) is 6.92 Å². The van der Waals surface area contributed by atoms with E-state index >= 15 is 0 Å². The third-order valence-corrected chi connectivity index (χ3v) is 6.20. The van der Waals surface area contributed by atoms with Crippen LogP contribution >= 0.6 is 0 Å². The van der Waals surface area contributed by atoms with E-state index in [2.05, 4.69) is 5.32 Å². The molecule has 0 radical (unpaired) electrons. The lowest BCUT2D eigenvalue weighted by Gasteiger charge is -2.25. The first-order chi connectivity index (χ1) is 17.7. The van der Waals surface area contributed by atoms with Gasteiger partial charge in [-0.05, 0) is 47.9 Å². The predicted octanol–water partition coefficient (Wildman–Crippen LogP) is 3.87. The van der Waals surface area contributed by atoms with Crippen LogP contribution in [0.25, 0.3) is 11.1 Å². The number of ether oxygens (including phenoxy) is 1. The molecule has 0 bridgehead atoms. The molecule has 1 saturated heterocycles. The van der Waals surface area contributed by atoms with Gasteiger partial charge in [0.15, 0.2) is 0 Å². The van der Waals surface area contributed by atoms with Crippen molar-refractivity contribution in [1.82, 2.24) is 0 Å². The molecular formula is C28H28N4O5. The number of amides is 2. The van der Waals surface area contributed by atoms with Gasteiger partial charge in [-0.15, -0.1) is 0 Å². The highest BCUT2D eigenvalue weighted by molar-refractivity contribution is 6.00. The molecule has 37 heavy (non-hydrogen) atoms. The van der Waals surface area contributed by atoms with Crippen molar-refractivity contribution in [2.24, 2.45) is 11.7 Å². The van der Waals surface area contributed by atoms with Crippen LogP contribution in [0.5, 0.6) is 5.75 Å². The number of carboxylic acids is 1. The van der Waals surface area contributed by atoms with Crippen LogP contribution in [-0.2, 0) is 14.4 Å². The van der Waals surface area contributed by atoms with Gasteiger partial charge in [0, 0.05) is 23.9 Å². The summed E-state index contributed by atoms with van der Waals surface area (Å²) in [5.41, 5.74) is 9.23. The van der Waals surface area contributed by atoms with Crippen LogP contribution in [-0.4, -0.2) is 41.4 Å². The summed E-state index contributed by atoms with van der Waals surface area (Å²) in [5, 5.41) is 19.5. The van der Waals surface area contributed by atoms with Crippen molar-refractivity contribution >= 4 is 35.0 Å². The Morgan fingerprint density at radius 1 is 1.08 bits per heavy atom. The topological polar surface area (TPSA) is 146 Å².